The van der Waals surface area contributed by atoms with Crippen LogP contribution in [0.5, 0.6) is 5.75 Å². The molecule has 0 saturated carbocycles. The minimum absolute atomic E-state index is 0.0167. The average molecular weight is 377 g/mol. The Morgan fingerprint density at radius 2 is 1.88 bits per heavy atom. The maximum absolute atomic E-state index is 12.7. The minimum atomic E-state index is -5.04. The van der Waals surface area contributed by atoms with E-state index in [2.05, 4.69) is 9.72 Å². The van der Waals surface area contributed by atoms with Crippen LogP contribution in [0.4, 0.5) is 26.3 Å². The van der Waals surface area contributed by atoms with Gasteiger partial charge in [-0.05, 0) is 24.1 Å². The van der Waals surface area contributed by atoms with Crippen molar-refractivity contribution < 1.29 is 31.1 Å². The number of rotatable bonds is 5. The Bertz CT molecular complexity index is 817. The summed E-state index contributed by atoms with van der Waals surface area (Å²) in [7, 11) is 0. The number of alkyl halides is 6. The second-order valence-corrected chi connectivity index (χ2v) is 5.33. The average Bonchev–Trinajstić information content (AvgIpc) is 2.93. The number of hydrogen-bond donors (Lipinski definition) is 0. The molecule has 0 aliphatic rings. The van der Waals surface area contributed by atoms with Gasteiger partial charge < -0.3 is 4.74 Å². The number of hydrogen-bond acceptors (Lipinski definition) is 3. The number of nitrogens with zero attached hydrogens (tertiary/aromatic N) is 3. The summed E-state index contributed by atoms with van der Waals surface area (Å²) in [5, 5.41) is 9.14. The third-order valence-electron chi connectivity index (χ3n) is 3.45. The second kappa shape index (κ2) is 7.27. The summed E-state index contributed by atoms with van der Waals surface area (Å²) in [4.78, 5) is 3.97. The summed E-state index contributed by atoms with van der Waals surface area (Å²) in [6.45, 7) is 1.70. The van der Waals surface area contributed by atoms with Gasteiger partial charge in [-0.25, -0.2) is 4.98 Å². The zero-order valence-electron chi connectivity index (χ0n) is 13.4. The molecule has 140 valence electrons. The molecule has 1 heterocycles. The molecule has 4 nitrogen and oxygen atoms in total. The van der Waals surface area contributed by atoms with Crippen molar-refractivity contribution >= 4 is 0 Å². The van der Waals surface area contributed by atoms with Gasteiger partial charge in [0.15, 0.2) is 5.75 Å². The fraction of sp³-hybridized carbons (Fsp3) is 0.375. The van der Waals surface area contributed by atoms with Crippen LogP contribution in [0.15, 0.2) is 24.4 Å². The quantitative estimate of drug-likeness (QED) is 0.710. The largest absolute Gasteiger partial charge is 0.573 e. The van der Waals surface area contributed by atoms with E-state index in [9.17, 15) is 26.3 Å². The number of halogens is 6. The lowest BCUT2D eigenvalue weighted by atomic mass is 10.1. The van der Waals surface area contributed by atoms with E-state index in [0.29, 0.717) is 12.2 Å². The van der Waals surface area contributed by atoms with E-state index in [1.807, 2.05) is 6.07 Å². The topological polar surface area (TPSA) is 50.8 Å². The highest BCUT2D eigenvalue weighted by molar-refractivity contribution is 5.52. The van der Waals surface area contributed by atoms with Crippen LogP contribution in [0.3, 0.4) is 0 Å². The maximum Gasteiger partial charge on any atom is 0.573 e. The second-order valence-electron chi connectivity index (χ2n) is 5.33. The molecule has 0 amide bonds. The summed E-state index contributed by atoms with van der Waals surface area (Å²) in [6, 6.07) is 5.17. The molecule has 0 unspecified atom stereocenters. The lowest BCUT2D eigenvalue weighted by Crippen LogP contribution is -2.19. The molecule has 2 rings (SSSR count). The van der Waals surface area contributed by atoms with Gasteiger partial charge in [0, 0.05) is 12.8 Å². The van der Waals surface area contributed by atoms with E-state index in [-0.39, 0.29) is 16.9 Å². The van der Waals surface area contributed by atoms with E-state index >= 15 is 0 Å². The zero-order valence-corrected chi connectivity index (χ0v) is 13.4. The maximum atomic E-state index is 12.7. The standard InChI is InChI=1S/C16H13F6N3O/c1-2-14-24-9-11(8-23)25(14)12-4-3-10(5-6-15(17,18)19)7-13(12)26-16(20,21)22/h3-4,7,9H,2,5-6H2,1H3. The molecule has 1 aromatic heterocycles. The van der Waals surface area contributed by atoms with Crippen molar-refractivity contribution in [3.63, 3.8) is 0 Å². The van der Waals surface area contributed by atoms with E-state index in [4.69, 9.17) is 5.26 Å². The highest BCUT2D eigenvalue weighted by Crippen LogP contribution is 2.33. The fourth-order valence-corrected chi connectivity index (χ4v) is 2.38. The van der Waals surface area contributed by atoms with Gasteiger partial charge in [-0.2, -0.15) is 18.4 Å². The fourth-order valence-electron chi connectivity index (χ4n) is 2.38. The monoisotopic (exact) mass is 377 g/mol. The van der Waals surface area contributed by atoms with Crippen LogP contribution in [0, 0.1) is 11.3 Å². The Hall–Kier alpha value is -2.70. The Labute approximate surface area is 144 Å². The Balaban J connectivity index is 2.52. The first kappa shape index (κ1) is 19.6. The van der Waals surface area contributed by atoms with Crippen molar-refractivity contribution in [1.29, 1.82) is 5.26 Å². The van der Waals surface area contributed by atoms with Gasteiger partial charge in [0.1, 0.15) is 17.6 Å². The van der Waals surface area contributed by atoms with Crippen molar-refractivity contribution in [3.8, 4) is 17.5 Å². The molecule has 0 bridgehead atoms. The van der Waals surface area contributed by atoms with Crippen LogP contribution in [-0.2, 0) is 12.8 Å². The molecular formula is C16H13F6N3O. The molecule has 26 heavy (non-hydrogen) atoms. The number of ether oxygens (including phenoxy) is 1. The van der Waals surface area contributed by atoms with Crippen LogP contribution in [0.25, 0.3) is 5.69 Å². The molecule has 0 radical (unpaired) electrons. The van der Waals surface area contributed by atoms with Gasteiger partial charge in [0.25, 0.3) is 0 Å². The zero-order chi connectivity index (χ0) is 19.5. The van der Waals surface area contributed by atoms with Crippen molar-refractivity contribution in [2.45, 2.75) is 38.7 Å². The number of nitriles is 1. The van der Waals surface area contributed by atoms with Gasteiger partial charge in [0.05, 0.1) is 11.9 Å². The molecular weight excluding hydrogens is 364 g/mol. The van der Waals surface area contributed by atoms with E-state index in [1.54, 1.807) is 6.92 Å². The van der Waals surface area contributed by atoms with Gasteiger partial charge in [-0.15, -0.1) is 13.2 Å². The third-order valence-corrected chi connectivity index (χ3v) is 3.45. The molecule has 0 aliphatic carbocycles. The molecule has 0 saturated heterocycles. The summed E-state index contributed by atoms with van der Waals surface area (Å²) in [6.07, 6.45) is -9.62. The summed E-state index contributed by atoms with van der Waals surface area (Å²) < 4.78 is 80.5. The predicted molar refractivity (Wildman–Crippen MR) is 78.7 cm³/mol. The van der Waals surface area contributed by atoms with E-state index < -0.39 is 31.1 Å². The molecule has 0 atom stereocenters. The van der Waals surface area contributed by atoms with Crippen LogP contribution in [-0.4, -0.2) is 22.1 Å². The van der Waals surface area contributed by atoms with Gasteiger partial charge in [-0.3, -0.25) is 4.57 Å². The van der Waals surface area contributed by atoms with Crippen LogP contribution in [0.1, 0.15) is 30.4 Å². The van der Waals surface area contributed by atoms with Crippen molar-refractivity contribution in [2.24, 2.45) is 0 Å². The van der Waals surface area contributed by atoms with Crippen molar-refractivity contribution in [2.75, 3.05) is 0 Å². The summed E-state index contributed by atoms with van der Waals surface area (Å²) >= 11 is 0. The lowest BCUT2D eigenvalue weighted by Gasteiger charge is -2.17. The highest BCUT2D eigenvalue weighted by atomic mass is 19.4. The summed E-state index contributed by atoms with van der Waals surface area (Å²) in [5.74, 6) is -0.377. The highest BCUT2D eigenvalue weighted by Gasteiger charge is 2.33. The predicted octanol–water partition coefficient (Wildman–Crippen LogP) is 4.70. The van der Waals surface area contributed by atoms with Crippen LogP contribution in [0.2, 0.25) is 0 Å². The normalized spacial score (nSPS) is 12.1. The first-order valence-electron chi connectivity index (χ1n) is 7.46. The van der Waals surface area contributed by atoms with E-state index in [1.165, 1.54) is 22.9 Å². The lowest BCUT2D eigenvalue weighted by molar-refractivity contribution is -0.274. The summed E-state index contributed by atoms with van der Waals surface area (Å²) in [5.41, 5.74) is -0.108. The minimum Gasteiger partial charge on any atom is -0.404 e. The van der Waals surface area contributed by atoms with Crippen molar-refractivity contribution in [1.82, 2.24) is 9.55 Å². The molecule has 0 fully saturated rings. The molecule has 0 N–H and O–H groups in total. The Kier molecular flexibility index (Phi) is 5.49. The first-order chi connectivity index (χ1) is 12.0. The third kappa shape index (κ3) is 4.91. The SMILES string of the molecule is CCc1ncc(C#N)n1-c1ccc(CCC(F)(F)F)cc1OC(F)(F)F. The number of aryl methyl sites for hydroxylation is 2. The van der Waals surface area contributed by atoms with Crippen molar-refractivity contribution in [3.05, 3.63) is 41.5 Å². The van der Waals surface area contributed by atoms with Gasteiger partial charge >= 0.3 is 12.5 Å². The number of aromatic nitrogens is 2. The first-order valence-corrected chi connectivity index (χ1v) is 7.46. The van der Waals surface area contributed by atoms with Gasteiger partial charge in [0.2, 0.25) is 0 Å². The smallest absolute Gasteiger partial charge is 0.404 e. The molecule has 0 spiro atoms. The van der Waals surface area contributed by atoms with Crippen LogP contribution < -0.4 is 4.74 Å². The Morgan fingerprint density at radius 3 is 2.42 bits per heavy atom. The molecule has 1 aromatic carbocycles. The molecule has 10 heteroatoms. The van der Waals surface area contributed by atoms with Crippen LogP contribution >= 0.6 is 0 Å². The molecule has 0 aliphatic heterocycles. The molecule has 2 aromatic rings. The van der Waals surface area contributed by atoms with E-state index in [0.717, 1.165) is 6.07 Å². The van der Waals surface area contributed by atoms with Gasteiger partial charge in [-0.1, -0.05) is 13.0 Å². The number of imidazole rings is 1. The number of benzene rings is 1. The Morgan fingerprint density at radius 1 is 1.19 bits per heavy atom.